The Labute approximate surface area is 304 Å². The van der Waals surface area contributed by atoms with Gasteiger partial charge in [-0.05, 0) is 133 Å². The SMILES string of the molecule is CC(C)(C)OC(=O)N1C[C@@H](CCCNc2cccc(S(=O)(=O)NC(=O)c3ccc(-n4ccc(OCCC5C6(CC6)C56CC6)n4)cc3F)n2)CC1(C)C. The van der Waals surface area contributed by atoms with Crippen molar-refractivity contribution in [1.29, 1.82) is 0 Å². The predicted molar refractivity (Wildman–Crippen MR) is 192 cm³/mol. The molecule has 12 nitrogen and oxygen atoms in total. The van der Waals surface area contributed by atoms with Crippen molar-refractivity contribution in [3.63, 3.8) is 0 Å². The third-order valence-electron chi connectivity index (χ3n) is 11.4. The maximum Gasteiger partial charge on any atom is 0.410 e. The van der Waals surface area contributed by atoms with Crippen molar-refractivity contribution in [1.82, 2.24) is 24.4 Å². The number of anilines is 1. The van der Waals surface area contributed by atoms with Crippen molar-refractivity contribution in [3.8, 4) is 11.6 Å². The smallest absolute Gasteiger partial charge is 0.410 e. The highest BCUT2D eigenvalue weighted by Gasteiger charge is 2.85. The first kappa shape index (κ1) is 36.2. The summed E-state index contributed by atoms with van der Waals surface area (Å²) in [5.74, 6) is -0.173. The molecule has 3 aromatic rings. The van der Waals surface area contributed by atoms with Crippen LogP contribution in [0.3, 0.4) is 0 Å². The number of likely N-dealkylation sites (tertiary alicyclic amines) is 1. The summed E-state index contributed by atoms with van der Waals surface area (Å²) in [7, 11) is -4.41. The molecule has 4 aliphatic rings. The fourth-order valence-corrected chi connectivity index (χ4v) is 9.65. The molecular formula is C38H49FN6O6S. The van der Waals surface area contributed by atoms with Gasteiger partial charge in [0.1, 0.15) is 17.2 Å². The van der Waals surface area contributed by atoms with Gasteiger partial charge in [0, 0.05) is 37.0 Å². The topological polar surface area (TPSA) is 145 Å². The number of nitrogens with zero attached hydrogens (tertiary/aromatic N) is 4. The summed E-state index contributed by atoms with van der Waals surface area (Å²) in [6, 6.07) is 9.97. The highest BCUT2D eigenvalue weighted by atomic mass is 32.2. The second-order valence-corrected chi connectivity index (χ2v) is 18.2. The molecule has 3 saturated carbocycles. The number of aromatic nitrogens is 3. The zero-order valence-corrected chi connectivity index (χ0v) is 31.4. The number of halogens is 1. The lowest BCUT2D eigenvalue weighted by Gasteiger charge is -2.33. The second-order valence-electron chi connectivity index (χ2n) is 16.6. The van der Waals surface area contributed by atoms with Crippen molar-refractivity contribution in [2.24, 2.45) is 22.7 Å². The summed E-state index contributed by atoms with van der Waals surface area (Å²) in [5.41, 5.74) is 0.308. The molecule has 2 N–H and O–H groups in total. The van der Waals surface area contributed by atoms with Gasteiger partial charge in [0.25, 0.3) is 15.9 Å². The molecule has 1 aromatic carbocycles. The average Bonchev–Trinajstić information content (AvgIpc) is 4.01. The van der Waals surface area contributed by atoms with E-state index in [4.69, 9.17) is 9.47 Å². The molecule has 2 amide bonds. The molecule has 7 rings (SSSR count). The first-order chi connectivity index (χ1) is 24.5. The molecule has 1 saturated heterocycles. The number of carbonyl (C=O) groups is 2. The zero-order chi connectivity index (χ0) is 37.1. The summed E-state index contributed by atoms with van der Waals surface area (Å²) < 4.78 is 56.3. The van der Waals surface area contributed by atoms with Gasteiger partial charge < -0.3 is 19.7 Å². The summed E-state index contributed by atoms with van der Waals surface area (Å²) in [6.45, 7) is 11.4. The lowest BCUT2D eigenvalue weighted by atomic mass is 9.93. The van der Waals surface area contributed by atoms with Gasteiger partial charge in [-0.25, -0.2) is 23.6 Å². The zero-order valence-electron chi connectivity index (χ0n) is 30.6. The number of hydrogen-bond acceptors (Lipinski definition) is 9. The molecule has 3 heterocycles. The summed E-state index contributed by atoms with van der Waals surface area (Å²) in [4.78, 5) is 31.7. The number of sulfonamides is 1. The first-order valence-electron chi connectivity index (χ1n) is 18.3. The van der Waals surface area contributed by atoms with Gasteiger partial charge in [0.2, 0.25) is 5.88 Å². The fraction of sp³-hybridized carbons (Fsp3) is 0.579. The van der Waals surface area contributed by atoms with Crippen LogP contribution in [0, 0.1) is 28.5 Å². The van der Waals surface area contributed by atoms with Crippen LogP contribution in [0.15, 0.2) is 53.7 Å². The minimum Gasteiger partial charge on any atom is -0.477 e. The Hall–Kier alpha value is -4.20. The van der Waals surface area contributed by atoms with Gasteiger partial charge in [0.05, 0.1) is 17.9 Å². The number of fused-ring (bicyclic) bond motifs is 1. The van der Waals surface area contributed by atoms with Crippen molar-refractivity contribution in [2.75, 3.05) is 25.0 Å². The number of rotatable bonds is 13. The molecular weight excluding hydrogens is 688 g/mol. The molecule has 0 bridgehead atoms. The van der Waals surface area contributed by atoms with Gasteiger partial charge in [-0.15, -0.1) is 5.10 Å². The molecule has 0 radical (unpaired) electrons. The molecule has 14 heteroatoms. The third kappa shape index (κ3) is 7.22. The quantitative estimate of drug-likeness (QED) is 0.183. The molecule has 1 aliphatic heterocycles. The Morgan fingerprint density at radius 2 is 1.77 bits per heavy atom. The normalized spacial score (nSPS) is 20.9. The Morgan fingerprint density at radius 3 is 2.44 bits per heavy atom. The van der Waals surface area contributed by atoms with Crippen LogP contribution < -0.4 is 14.8 Å². The molecule has 1 atom stereocenters. The molecule has 2 aromatic heterocycles. The van der Waals surface area contributed by atoms with E-state index >= 15 is 4.39 Å². The average molecular weight is 737 g/mol. The van der Waals surface area contributed by atoms with Gasteiger partial charge in [-0.2, -0.15) is 8.42 Å². The number of nitrogens with one attached hydrogen (secondary N) is 2. The van der Waals surface area contributed by atoms with Crippen molar-refractivity contribution in [2.45, 2.75) is 102 Å². The third-order valence-corrected chi connectivity index (χ3v) is 12.6. The Kier molecular flexibility index (Phi) is 9.06. The van der Waals surface area contributed by atoms with Crippen LogP contribution in [0.25, 0.3) is 5.69 Å². The number of benzene rings is 1. The highest BCUT2D eigenvalue weighted by Crippen LogP contribution is 2.93. The van der Waals surface area contributed by atoms with Crippen LogP contribution in [0.2, 0.25) is 0 Å². The summed E-state index contributed by atoms with van der Waals surface area (Å²) >= 11 is 0. The second kappa shape index (κ2) is 13.0. The number of carbonyl (C=O) groups excluding carboxylic acids is 2. The first-order valence-corrected chi connectivity index (χ1v) is 19.8. The van der Waals surface area contributed by atoms with Crippen molar-refractivity contribution in [3.05, 3.63) is 60.0 Å². The van der Waals surface area contributed by atoms with Gasteiger partial charge in [-0.1, -0.05) is 6.07 Å². The van der Waals surface area contributed by atoms with Crippen LogP contribution in [0.5, 0.6) is 5.88 Å². The van der Waals surface area contributed by atoms with Crippen LogP contribution in [-0.2, 0) is 14.8 Å². The number of hydrogen-bond donors (Lipinski definition) is 2. The molecule has 52 heavy (non-hydrogen) atoms. The summed E-state index contributed by atoms with van der Waals surface area (Å²) in [6.07, 6.45) is 10.3. The predicted octanol–water partition coefficient (Wildman–Crippen LogP) is 6.71. The Bertz CT molecular complexity index is 1950. The largest absolute Gasteiger partial charge is 0.477 e. The van der Waals surface area contributed by atoms with E-state index in [1.165, 1.54) is 54.6 Å². The van der Waals surface area contributed by atoms with E-state index in [0.717, 1.165) is 37.7 Å². The summed E-state index contributed by atoms with van der Waals surface area (Å²) in [5, 5.41) is 7.16. The van der Waals surface area contributed by atoms with Crippen LogP contribution in [0.4, 0.5) is 15.0 Å². The molecule has 2 spiro atoms. The van der Waals surface area contributed by atoms with Gasteiger partial charge >= 0.3 is 6.09 Å². The van der Waals surface area contributed by atoms with E-state index in [9.17, 15) is 18.0 Å². The van der Waals surface area contributed by atoms with E-state index in [0.29, 0.717) is 53.8 Å². The maximum atomic E-state index is 15.2. The molecule has 0 unspecified atom stereocenters. The monoisotopic (exact) mass is 736 g/mol. The molecule has 4 fully saturated rings. The van der Waals surface area contributed by atoms with E-state index in [1.807, 2.05) is 39.3 Å². The lowest BCUT2D eigenvalue weighted by Crippen LogP contribution is -2.45. The molecule has 280 valence electrons. The van der Waals surface area contributed by atoms with E-state index in [1.54, 1.807) is 23.2 Å². The number of ether oxygens (including phenoxy) is 2. The van der Waals surface area contributed by atoms with E-state index in [2.05, 4.69) is 15.4 Å². The van der Waals surface area contributed by atoms with Gasteiger partial charge in [-0.3, -0.25) is 4.79 Å². The standard InChI is InChI=1S/C38H49FN6O6S/c1-35(2,3)51-34(47)44-24-25(23-36(44,4)5)8-7-19-40-30-9-6-10-32(41-30)52(48,49)43-33(46)27-12-11-26(22-28(27)39)45-20-13-31(42-45)50-21-14-29-37(15-16-37)38(29)17-18-38/h6,9-13,20,22,25,29H,7-8,14-19,21,23-24H2,1-5H3,(H,40,41)(H,43,46)/t25-/m0/s1. The minimum atomic E-state index is -4.41. The Balaban J connectivity index is 0.883. The van der Waals surface area contributed by atoms with Crippen molar-refractivity contribution >= 4 is 27.8 Å². The van der Waals surface area contributed by atoms with Crippen LogP contribution in [0.1, 0.15) is 96.3 Å². The van der Waals surface area contributed by atoms with Gasteiger partial charge in [0.15, 0.2) is 5.03 Å². The minimum absolute atomic E-state index is 0.297. The van der Waals surface area contributed by atoms with E-state index < -0.39 is 32.9 Å². The number of pyridine rings is 1. The molecule has 3 aliphatic carbocycles. The maximum absolute atomic E-state index is 15.2. The fourth-order valence-electron chi connectivity index (χ4n) is 8.71. The van der Waals surface area contributed by atoms with E-state index in [-0.39, 0.29) is 16.7 Å². The lowest BCUT2D eigenvalue weighted by molar-refractivity contribution is 0.0130. The Morgan fingerprint density at radius 1 is 1.04 bits per heavy atom. The van der Waals surface area contributed by atoms with Crippen LogP contribution >= 0.6 is 0 Å². The number of amides is 2. The van der Waals surface area contributed by atoms with Crippen LogP contribution in [-0.4, -0.2) is 70.9 Å². The highest BCUT2D eigenvalue weighted by molar-refractivity contribution is 7.90. The van der Waals surface area contributed by atoms with Crippen molar-refractivity contribution < 1.29 is 31.9 Å².